The summed E-state index contributed by atoms with van der Waals surface area (Å²) in [6.45, 7) is 2.22. The van der Waals surface area contributed by atoms with Crippen molar-refractivity contribution in [2.45, 2.75) is 6.92 Å². The van der Waals surface area contributed by atoms with Crippen molar-refractivity contribution >= 4 is 28.5 Å². The first-order valence-electron chi connectivity index (χ1n) is 4.54. The smallest absolute Gasteiger partial charge is 0.255 e. The molecule has 15 heavy (non-hydrogen) atoms. The number of nitrogens with zero attached hydrogens (tertiary/aromatic N) is 2. The lowest BCUT2D eigenvalue weighted by Crippen LogP contribution is -2.29. The van der Waals surface area contributed by atoms with Gasteiger partial charge in [0, 0.05) is 19.8 Å². The average molecular weight is 320 g/mol. The summed E-state index contributed by atoms with van der Waals surface area (Å²) in [5.41, 5.74) is 1.54. The minimum Gasteiger partial charge on any atom is -0.395 e. The second-order valence-corrected chi connectivity index (χ2v) is 4.30. The van der Waals surface area contributed by atoms with Gasteiger partial charge in [-0.1, -0.05) is 0 Å². The predicted octanol–water partition coefficient (Wildman–Crippen LogP) is 1.06. The van der Waals surface area contributed by atoms with Gasteiger partial charge in [-0.25, -0.2) is 4.98 Å². The topological polar surface area (TPSA) is 53.4 Å². The lowest BCUT2D eigenvalue weighted by molar-refractivity contribution is 0.0766. The van der Waals surface area contributed by atoms with Crippen molar-refractivity contribution in [2.24, 2.45) is 0 Å². The van der Waals surface area contributed by atoms with E-state index >= 15 is 0 Å². The minimum atomic E-state index is -0.115. The van der Waals surface area contributed by atoms with Crippen LogP contribution in [0.25, 0.3) is 0 Å². The third-order valence-electron chi connectivity index (χ3n) is 2.04. The normalized spacial score (nSPS) is 10.1. The highest BCUT2D eigenvalue weighted by molar-refractivity contribution is 14.1. The fourth-order valence-electron chi connectivity index (χ4n) is 1.15. The molecule has 0 radical (unpaired) electrons. The van der Waals surface area contributed by atoms with E-state index in [1.165, 1.54) is 4.90 Å². The van der Waals surface area contributed by atoms with Crippen LogP contribution in [0.3, 0.4) is 0 Å². The SMILES string of the molecule is Cc1cc(C(=O)N(C)CCO)cnc1I. The summed E-state index contributed by atoms with van der Waals surface area (Å²) in [6, 6.07) is 1.81. The van der Waals surface area contributed by atoms with E-state index in [0.29, 0.717) is 12.1 Å². The van der Waals surface area contributed by atoms with Crippen molar-refractivity contribution in [3.05, 3.63) is 27.1 Å². The van der Waals surface area contributed by atoms with E-state index in [0.717, 1.165) is 9.26 Å². The molecule has 4 nitrogen and oxygen atoms in total. The molecule has 1 aromatic heterocycles. The molecule has 0 aliphatic rings. The van der Waals surface area contributed by atoms with Crippen LogP contribution in [0.1, 0.15) is 15.9 Å². The zero-order valence-electron chi connectivity index (χ0n) is 8.70. The maximum absolute atomic E-state index is 11.8. The van der Waals surface area contributed by atoms with E-state index in [9.17, 15) is 4.79 Å². The van der Waals surface area contributed by atoms with E-state index in [2.05, 4.69) is 27.6 Å². The summed E-state index contributed by atoms with van der Waals surface area (Å²) < 4.78 is 0.897. The van der Waals surface area contributed by atoms with Gasteiger partial charge in [0.05, 0.1) is 12.2 Å². The first kappa shape index (κ1) is 12.4. The average Bonchev–Trinajstić information content (AvgIpc) is 2.21. The molecular weight excluding hydrogens is 307 g/mol. The molecule has 0 saturated carbocycles. The van der Waals surface area contributed by atoms with Crippen LogP contribution < -0.4 is 0 Å². The fraction of sp³-hybridized carbons (Fsp3) is 0.400. The summed E-state index contributed by atoms with van der Waals surface area (Å²) in [4.78, 5) is 17.4. The Morgan fingerprint density at radius 3 is 2.87 bits per heavy atom. The molecule has 1 aromatic rings. The second kappa shape index (κ2) is 5.41. The zero-order chi connectivity index (χ0) is 11.4. The van der Waals surface area contributed by atoms with Crippen molar-refractivity contribution in [3.8, 4) is 0 Å². The lowest BCUT2D eigenvalue weighted by atomic mass is 10.2. The van der Waals surface area contributed by atoms with Gasteiger partial charge in [-0.05, 0) is 41.1 Å². The van der Waals surface area contributed by atoms with Gasteiger partial charge in [0.2, 0.25) is 0 Å². The number of hydrogen-bond acceptors (Lipinski definition) is 3. The summed E-state index contributed by atoms with van der Waals surface area (Å²) in [6.07, 6.45) is 1.56. The molecule has 0 fully saturated rings. The van der Waals surface area contributed by atoms with Crippen molar-refractivity contribution in [1.29, 1.82) is 0 Å². The molecule has 1 heterocycles. The number of likely N-dealkylation sites (N-methyl/N-ethyl adjacent to an activating group) is 1. The van der Waals surface area contributed by atoms with Gasteiger partial charge in [-0.15, -0.1) is 0 Å². The van der Waals surface area contributed by atoms with Gasteiger partial charge in [-0.2, -0.15) is 0 Å². The van der Waals surface area contributed by atoms with Crippen LogP contribution in [-0.4, -0.2) is 41.1 Å². The lowest BCUT2D eigenvalue weighted by Gasteiger charge is -2.15. The molecule has 5 heteroatoms. The molecule has 1 rings (SSSR count). The van der Waals surface area contributed by atoms with Crippen LogP contribution in [0.4, 0.5) is 0 Å². The van der Waals surface area contributed by atoms with Crippen molar-refractivity contribution in [3.63, 3.8) is 0 Å². The maximum atomic E-state index is 11.8. The van der Waals surface area contributed by atoms with Crippen LogP contribution in [0, 0.1) is 10.6 Å². The first-order valence-corrected chi connectivity index (χ1v) is 5.62. The number of aliphatic hydroxyl groups excluding tert-OH is 1. The van der Waals surface area contributed by atoms with Crippen LogP contribution in [0.2, 0.25) is 0 Å². The molecule has 0 unspecified atom stereocenters. The Morgan fingerprint density at radius 1 is 1.67 bits per heavy atom. The molecule has 0 saturated heterocycles. The van der Waals surface area contributed by atoms with E-state index < -0.39 is 0 Å². The highest BCUT2D eigenvalue weighted by Crippen LogP contribution is 2.11. The molecule has 0 aliphatic carbocycles. The monoisotopic (exact) mass is 320 g/mol. The van der Waals surface area contributed by atoms with Gasteiger partial charge < -0.3 is 10.0 Å². The molecule has 0 bridgehead atoms. The Labute approximate surface area is 102 Å². The summed E-state index contributed by atoms with van der Waals surface area (Å²) >= 11 is 2.12. The summed E-state index contributed by atoms with van der Waals surface area (Å²) in [5.74, 6) is -0.115. The first-order chi connectivity index (χ1) is 7.06. The Hall–Kier alpha value is -0.690. The number of rotatable bonds is 3. The van der Waals surface area contributed by atoms with Crippen molar-refractivity contribution in [2.75, 3.05) is 20.2 Å². The molecule has 0 aromatic carbocycles. The number of hydrogen-bond donors (Lipinski definition) is 1. The van der Waals surface area contributed by atoms with Gasteiger partial charge in [0.25, 0.3) is 5.91 Å². The van der Waals surface area contributed by atoms with Crippen LogP contribution in [0.15, 0.2) is 12.3 Å². The molecular formula is C10H13IN2O2. The van der Waals surface area contributed by atoms with Gasteiger partial charge in [-0.3, -0.25) is 4.79 Å². The highest BCUT2D eigenvalue weighted by atomic mass is 127. The Balaban J connectivity index is 2.87. The quantitative estimate of drug-likeness (QED) is 0.669. The van der Waals surface area contributed by atoms with Crippen molar-refractivity contribution in [1.82, 2.24) is 9.88 Å². The van der Waals surface area contributed by atoms with Gasteiger partial charge in [0.1, 0.15) is 3.70 Å². The Kier molecular flexibility index (Phi) is 4.46. The number of carbonyl (C=O) groups excluding carboxylic acids is 1. The van der Waals surface area contributed by atoms with Crippen LogP contribution >= 0.6 is 22.6 Å². The number of aryl methyl sites for hydroxylation is 1. The van der Waals surface area contributed by atoms with Crippen molar-refractivity contribution < 1.29 is 9.90 Å². The molecule has 0 aliphatic heterocycles. The second-order valence-electron chi connectivity index (χ2n) is 3.28. The number of halogens is 1. The third-order valence-corrected chi connectivity index (χ3v) is 3.17. The largest absolute Gasteiger partial charge is 0.395 e. The van der Waals surface area contributed by atoms with Crippen LogP contribution in [-0.2, 0) is 0 Å². The molecule has 1 amide bonds. The predicted molar refractivity (Wildman–Crippen MR) is 65.7 cm³/mol. The van der Waals surface area contributed by atoms with E-state index in [1.807, 2.05) is 13.0 Å². The van der Waals surface area contributed by atoms with E-state index in [-0.39, 0.29) is 12.5 Å². The number of amides is 1. The highest BCUT2D eigenvalue weighted by Gasteiger charge is 2.12. The third kappa shape index (κ3) is 3.13. The molecule has 82 valence electrons. The summed E-state index contributed by atoms with van der Waals surface area (Å²) in [5, 5.41) is 8.72. The number of pyridine rings is 1. The number of aromatic nitrogens is 1. The van der Waals surface area contributed by atoms with Gasteiger partial charge in [0.15, 0.2) is 0 Å². The summed E-state index contributed by atoms with van der Waals surface area (Å²) in [7, 11) is 1.66. The van der Waals surface area contributed by atoms with E-state index in [1.54, 1.807) is 13.2 Å². The molecule has 0 atom stereocenters. The standard InChI is InChI=1S/C10H13IN2O2/c1-7-5-8(6-12-9(7)11)10(15)13(2)3-4-14/h5-6,14H,3-4H2,1-2H3. The maximum Gasteiger partial charge on any atom is 0.255 e. The molecule has 1 N–H and O–H groups in total. The number of carbonyl (C=O) groups is 1. The number of aliphatic hydroxyl groups is 1. The van der Waals surface area contributed by atoms with E-state index in [4.69, 9.17) is 5.11 Å². The molecule has 0 spiro atoms. The zero-order valence-corrected chi connectivity index (χ0v) is 10.9. The van der Waals surface area contributed by atoms with Gasteiger partial charge >= 0.3 is 0 Å². The van der Waals surface area contributed by atoms with Crippen LogP contribution in [0.5, 0.6) is 0 Å². The fourth-order valence-corrected chi connectivity index (χ4v) is 1.44. The Morgan fingerprint density at radius 2 is 2.33 bits per heavy atom. The Bertz CT molecular complexity index is 368. The minimum absolute atomic E-state index is 0.0288.